The quantitative estimate of drug-likeness (QED) is 0.454. The lowest BCUT2D eigenvalue weighted by Crippen LogP contribution is -2.36. The fraction of sp³-hybridized carbons (Fsp3) is 0.800. The van der Waals surface area contributed by atoms with Gasteiger partial charge in [0.25, 0.3) is 0 Å². The van der Waals surface area contributed by atoms with Crippen LogP contribution in [0.3, 0.4) is 0 Å². The Hall–Kier alpha value is -0.540. The van der Waals surface area contributed by atoms with Gasteiger partial charge in [-0.3, -0.25) is 0 Å². The molecule has 0 aromatic carbocycles. The molecular weight excluding hydrogens is 168 g/mol. The predicted octanol–water partition coefficient (Wildman–Crippen LogP) is 2.67. The van der Waals surface area contributed by atoms with Crippen LogP contribution in [0, 0.1) is 0 Å². The van der Waals surface area contributed by atoms with Crippen molar-refractivity contribution in [2.45, 2.75) is 46.2 Å². The third kappa shape index (κ3) is 5.66. The molecule has 0 amide bonds. The third-order valence-electron chi connectivity index (χ3n) is 1.32. The predicted molar refractivity (Wildman–Crippen MR) is 52.2 cm³/mol. The summed E-state index contributed by atoms with van der Waals surface area (Å²) in [7, 11) is 0. The molecule has 1 atom stereocenters. The van der Waals surface area contributed by atoms with Gasteiger partial charge in [-0.1, -0.05) is 13.5 Å². The minimum Gasteiger partial charge on any atom is -0.448 e. The van der Waals surface area contributed by atoms with Gasteiger partial charge in [-0.25, -0.2) is 0 Å². The van der Waals surface area contributed by atoms with E-state index in [9.17, 15) is 0 Å². The van der Waals surface area contributed by atoms with E-state index in [0.29, 0.717) is 6.61 Å². The summed E-state index contributed by atoms with van der Waals surface area (Å²) in [6.07, 6.45) is 2.32. The van der Waals surface area contributed by atoms with Crippen LogP contribution in [-0.2, 0) is 14.2 Å². The lowest BCUT2D eigenvalue weighted by atomic mass is 10.4. The van der Waals surface area contributed by atoms with Crippen molar-refractivity contribution in [2.75, 3.05) is 6.61 Å². The van der Waals surface area contributed by atoms with Gasteiger partial charge < -0.3 is 14.2 Å². The van der Waals surface area contributed by atoms with Crippen LogP contribution in [0.5, 0.6) is 0 Å². The number of rotatable bonds is 7. The molecule has 0 heterocycles. The van der Waals surface area contributed by atoms with Gasteiger partial charge in [0.15, 0.2) is 0 Å². The van der Waals surface area contributed by atoms with Crippen LogP contribution in [0.25, 0.3) is 0 Å². The lowest BCUT2D eigenvalue weighted by molar-refractivity contribution is -0.361. The fourth-order valence-corrected chi connectivity index (χ4v) is 0.963. The highest BCUT2D eigenvalue weighted by molar-refractivity contribution is 4.58. The molecule has 0 aromatic rings. The van der Waals surface area contributed by atoms with Crippen molar-refractivity contribution < 1.29 is 14.2 Å². The molecule has 3 nitrogen and oxygen atoms in total. The van der Waals surface area contributed by atoms with Crippen molar-refractivity contribution in [3.63, 3.8) is 0 Å². The Morgan fingerprint density at radius 1 is 1.46 bits per heavy atom. The topological polar surface area (TPSA) is 27.7 Å². The summed E-state index contributed by atoms with van der Waals surface area (Å²) in [6.45, 7) is 11.7. The largest absolute Gasteiger partial charge is 0.448 e. The fourth-order valence-electron chi connectivity index (χ4n) is 0.963. The van der Waals surface area contributed by atoms with Crippen molar-refractivity contribution in [1.29, 1.82) is 0 Å². The van der Waals surface area contributed by atoms with E-state index in [0.717, 1.165) is 6.42 Å². The van der Waals surface area contributed by atoms with Gasteiger partial charge in [0.1, 0.15) is 0 Å². The Morgan fingerprint density at radius 2 is 2.08 bits per heavy atom. The van der Waals surface area contributed by atoms with Crippen LogP contribution in [0.1, 0.15) is 34.1 Å². The number of ether oxygens (including phenoxy) is 3. The molecule has 0 saturated carbocycles. The molecule has 0 spiro atoms. The molecule has 0 aliphatic rings. The second-order valence-electron chi connectivity index (χ2n) is 3.16. The first-order chi connectivity index (χ1) is 6.04. The Labute approximate surface area is 80.7 Å². The SMILES string of the molecule is C=COC(C)(OCCC)OC(C)C. The Balaban J connectivity index is 4.06. The smallest absolute Gasteiger partial charge is 0.323 e. The summed E-state index contributed by atoms with van der Waals surface area (Å²) in [4.78, 5) is 0. The zero-order valence-corrected chi connectivity index (χ0v) is 9.00. The molecule has 3 heteroatoms. The second-order valence-corrected chi connectivity index (χ2v) is 3.16. The number of hydrogen-bond donors (Lipinski definition) is 0. The van der Waals surface area contributed by atoms with Gasteiger partial charge in [-0.2, -0.15) is 0 Å². The summed E-state index contributed by atoms with van der Waals surface area (Å²) in [5.74, 6) is -0.994. The maximum atomic E-state index is 5.46. The first-order valence-electron chi connectivity index (χ1n) is 4.64. The van der Waals surface area contributed by atoms with E-state index in [2.05, 4.69) is 6.58 Å². The van der Waals surface area contributed by atoms with E-state index in [-0.39, 0.29) is 6.10 Å². The van der Waals surface area contributed by atoms with Crippen LogP contribution >= 0.6 is 0 Å². The first kappa shape index (κ1) is 12.5. The Bertz CT molecular complexity index is 145. The van der Waals surface area contributed by atoms with Crippen LogP contribution in [0.4, 0.5) is 0 Å². The van der Waals surface area contributed by atoms with Gasteiger partial charge in [0.2, 0.25) is 0 Å². The Kier molecular flexibility index (Phi) is 5.75. The van der Waals surface area contributed by atoms with Crippen molar-refractivity contribution in [1.82, 2.24) is 0 Å². The molecule has 0 fully saturated rings. The molecule has 0 aliphatic carbocycles. The summed E-state index contributed by atoms with van der Waals surface area (Å²) >= 11 is 0. The highest BCUT2D eigenvalue weighted by Gasteiger charge is 2.27. The molecule has 0 radical (unpaired) electrons. The second kappa shape index (κ2) is 6.00. The van der Waals surface area contributed by atoms with Crippen LogP contribution < -0.4 is 0 Å². The Morgan fingerprint density at radius 3 is 2.46 bits per heavy atom. The van der Waals surface area contributed by atoms with Crippen molar-refractivity contribution >= 4 is 0 Å². The zero-order chi connectivity index (χ0) is 10.3. The van der Waals surface area contributed by atoms with Crippen molar-refractivity contribution in [3.05, 3.63) is 12.8 Å². The van der Waals surface area contributed by atoms with Crippen LogP contribution in [0.15, 0.2) is 12.8 Å². The summed E-state index contributed by atoms with van der Waals surface area (Å²) in [5.41, 5.74) is 0. The van der Waals surface area contributed by atoms with Gasteiger partial charge in [-0.15, -0.1) is 0 Å². The highest BCUT2D eigenvalue weighted by atomic mass is 16.9. The molecule has 0 aromatic heterocycles. The van der Waals surface area contributed by atoms with Crippen molar-refractivity contribution in [2.24, 2.45) is 0 Å². The highest BCUT2D eigenvalue weighted by Crippen LogP contribution is 2.17. The molecule has 13 heavy (non-hydrogen) atoms. The van der Waals surface area contributed by atoms with E-state index in [1.165, 1.54) is 6.26 Å². The molecule has 78 valence electrons. The first-order valence-corrected chi connectivity index (χ1v) is 4.64. The summed E-state index contributed by atoms with van der Waals surface area (Å²) in [5, 5.41) is 0. The zero-order valence-electron chi connectivity index (χ0n) is 9.00. The minimum atomic E-state index is -0.994. The molecule has 0 N–H and O–H groups in total. The third-order valence-corrected chi connectivity index (χ3v) is 1.32. The minimum absolute atomic E-state index is 0.0572. The van der Waals surface area contributed by atoms with Gasteiger partial charge in [0.05, 0.1) is 19.0 Å². The summed E-state index contributed by atoms with van der Waals surface area (Å²) < 4.78 is 16.0. The van der Waals surface area contributed by atoms with Crippen molar-refractivity contribution in [3.8, 4) is 0 Å². The van der Waals surface area contributed by atoms with E-state index >= 15 is 0 Å². The molecular formula is C10H20O3. The summed E-state index contributed by atoms with van der Waals surface area (Å²) in [6, 6.07) is 0. The van der Waals surface area contributed by atoms with Crippen LogP contribution in [-0.4, -0.2) is 18.7 Å². The van der Waals surface area contributed by atoms with E-state index in [1.54, 1.807) is 6.92 Å². The van der Waals surface area contributed by atoms with E-state index in [4.69, 9.17) is 14.2 Å². The average Bonchev–Trinajstić information content (AvgIpc) is 2.00. The molecule has 0 rings (SSSR count). The monoisotopic (exact) mass is 188 g/mol. The maximum absolute atomic E-state index is 5.46. The normalized spacial score (nSPS) is 15.5. The van der Waals surface area contributed by atoms with E-state index in [1.807, 2.05) is 20.8 Å². The molecule has 1 unspecified atom stereocenters. The van der Waals surface area contributed by atoms with Gasteiger partial charge in [0, 0.05) is 6.92 Å². The van der Waals surface area contributed by atoms with Gasteiger partial charge >= 0.3 is 5.97 Å². The van der Waals surface area contributed by atoms with E-state index < -0.39 is 5.97 Å². The average molecular weight is 188 g/mol. The van der Waals surface area contributed by atoms with Gasteiger partial charge in [-0.05, 0) is 20.3 Å². The van der Waals surface area contributed by atoms with Crippen LogP contribution in [0.2, 0.25) is 0 Å². The standard InChI is InChI=1S/C10H20O3/c1-6-8-12-10(5,11-7-2)13-9(3)4/h7,9H,2,6,8H2,1,3-5H3. The number of hydrogen-bond acceptors (Lipinski definition) is 3. The lowest BCUT2D eigenvalue weighted by Gasteiger charge is -2.30. The molecule has 0 bridgehead atoms. The molecule has 0 aliphatic heterocycles. The molecule has 0 saturated heterocycles. The maximum Gasteiger partial charge on any atom is 0.323 e.